The van der Waals surface area contributed by atoms with Crippen LogP contribution in [0.3, 0.4) is 0 Å². The summed E-state index contributed by atoms with van der Waals surface area (Å²) < 4.78 is 2.01. The molecule has 17 heavy (non-hydrogen) atoms. The number of aromatic nitrogens is 2. The zero-order valence-electron chi connectivity index (χ0n) is 9.80. The molecule has 0 saturated carbocycles. The summed E-state index contributed by atoms with van der Waals surface area (Å²) >= 11 is 1.63. The number of hydrogen-bond acceptors (Lipinski definition) is 3. The van der Waals surface area contributed by atoms with Crippen LogP contribution in [0.5, 0.6) is 0 Å². The van der Waals surface area contributed by atoms with Gasteiger partial charge in [-0.15, -0.1) is 11.3 Å². The van der Waals surface area contributed by atoms with Gasteiger partial charge in [0.05, 0.1) is 5.56 Å². The lowest BCUT2D eigenvalue weighted by atomic mass is 10.1. The molecule has 0 aliphatic carbocycles. The Morgan fingerprint density at radius 3 is 2.94 bits per heavy atom. The van der Waals surface area contributed by atoms with Crippen molar-refractivity contribution < 1.29 is 4.79 Å². The molecule has 0 saturated heterocycles. The molecule has 2 aromatic rings. The van der Waals surface area contributed by atoms with Gasteiger partial charge in [0.1, 0.15) is 0 Å². The zero-order chi connectivity index (χ0) is 12.0. The van der Waals surface area contributed by atoms with E-state index in [1.807, 2.05) is 30.0 Å². The number of anilines is 1. The van der Waals surface area contributed by atoms with E-state index in [4.69, 9.17) is 0 Å². The molecular formula is C12H13N3OS. The minimum absolute atomic E-state index is 0.0665. The van der Waals surface area contributed by atoms with Crippen LogP contribution in [-0.2, 0) is 6.54 Å². The summed E-state index contributed by atoms with van der Waals surface area (Å²) in [7, 11) is 0. The molecule has 0 N–H and O–H groups in total. The van der Waals surface area contributed by atoms with Gasteiger partial charge >= 0.3 is 0 Å². The molecule has 1 aliphatic heterocycles. The van der Waals surface area contributed by atoms with Gasteiger partial charge in [-0.2, -0.15) is 0 Å². The molecule has 3 heterocycles. The van der Waals surface area contributed by atoms with Crippen LogP contribution < -0.4 is 4.90 Å². The monoisotopic (exact) mass is 247 g/mol. The normalized spacial score (nSPS) is 14.1. The van der Waals surface area contributed by atoms with E-state index < -0.39 is 0 Å². The Morgan fingerprint density at radius 2 is 2.24 bits per heavy atom. The highest BCUT2D eigenvalue weighted by atomic mass is 32.1. The molecule has 88 valence electrons. The van der Waals surface area contributed by atoms with Crippen LogP contribution >= 0.6 is 11.3 Å². The van der Waals surface area contributed by atoms with Crippen molar-refractivity contribution >= 4 is 23.2 Å². The standard InChI is InChI=1S/C12H13N3OS/c1-8-9(2)17-7-10(8)11(16)15-6-5-14-4-3-13-12(14)15/h3-4,7H,5-6H2,1-2H3. The Morgan fingerprint density at radius 1 is 1.41 bits per heavy atom. The number of imidazole rings is 1. The van der Waals surface area contributed by atoms with Crippen LogP contribution in [0.4, 0.5) is 5.95 Å². The number of rotatable bonds is 1. The highest BCUT2D eigenvalue weighted by molar-refractivity contribution is 7.10. The molecule has 0 atom stereocenters. The van der Waals surface area contributed by atoms with E-state index in [0.29, 0.717) is 0 Å². The van der Waals surface area contributed by atoms with Crippen LogP contribution in [0.1, 0.15) is 20.8 Å². The highest BCUT2D eigenvalue weighted by Crippen LogP contribution is 2.26. The number of aryl methyl sites for hydroxylation is 1. The summed E-state index contributed by atoms with van der Waals surface area (Å²) in [6, 6.07) is 0. The number of thiophene rings is 1. The van der Waals surface area contributed by atoms with E-state index >= 15 is 0 Å². The molecule has 0 radical (unpaired) electrons. The lowest BCUT2D eigenvalue weighted by Crippen LogP contribution is -2.29. The van der Waals surface area contributed by atoms with Gasteiger partial charge in [0.15, 0.2) is 0 Å². The molecule has 1 aliphatic rings. The van der Waals surface area contributed by atoms with Crippen molar-refractivity contribution in [3.63, 3.8) is 0 Å². The summed E-state index contributed by atoms with van der Waals surface area (Å²) in [4.78, 5) is 19.6. The molecule has 1 amide bonds. The van der Waals surface area contributed by atoms with Crippen molar-refractivity contribution in [2.24, 2.45) is 0 Å². The van der Waals surface area contributed by atoms with Gasteiger partial charge in [-0.05, 0) is 19.4 Å². The fourth-order valence-corrected chi connectivity index (χ4v) is 2.95. The fourth-order valence-electron chi connectivity index (χ4n) is 2.09. The fraction of sp³-hybridized carbons (Fsp3) is 0.333. The third-order valence-corrected chi connectivity index (χ3v) is 4.27. The predicted octanol–water partition coefficient (Wildman–Crippen LogP) is 2.22. The Kier molecular flexibility index (Phi) is 2.29. The molecule has 4 nitrogen and oxygen atoms in total. The maximum atomic E-state index is 12.4. The van der Waals surface area contributed by atoms with Gasteiger partial charge < -0.3 is 4.57 Å². The predicted molar refractivity (Wildman–Crippen MR) is 67.7 cm³/mol. The first-order chi connectivity index (χ1) is 8.18. The Balaban J connectivity index is 1.97. The minimum atomic E-state index is 0.0665. The maximum absolute atomic E-state index is 12.4. The lowest BCUT2D eigenvalue weighted by molar-refractivity contribution is 0.0988. The Labute approximate surface area is 104 Å². The third-order valence-electron chi connectivity index (χ3n) is 3.26. The Bertz CT molecular complexity index is 584. The molecule has 5 heteroatoms. The number of carbonyl (C=O) groups is 1. The summed E-state index contributed by atoms with van der Waals surface area (Å²) in [5, 5.41) is 1.94. The van der Waals surface area contributed by atoms with Crippen LogP contribution in [0.25, 0.3) is 0 Å². The second-order valence-electron chi connectivity index (χ2n) is 4.21. The van der Waals surface area contributed by atoms with Crippen molar-refractivity contribution in [2.75, 3.05) is 11.4 Å². The average molecular weight is 247 g/mol. The third kappa shape index (κ3) is 1.50. The number of hydrogen-bond donors (Lipinski definition) is 0. The summed E-state index contributed by atoms with van der Waals surface area (Å²) in [6.07, 6.45) is 3.65. The van der Waals surface area contributed by atoms with Crippen LogP contribution in [0, 0.1) is 13.8 Å². The molecule has 0 fully saturated rings. The SMILES string of the molecule is Cc1scc(C(=O)N2CCn3ccnc32)c1C. The number of amides is 1. The van der Waals surface area contributed by atoms with Gasteiger partial charge in [-0.1, -0.05) is 0 Å². The maximum Gasteiger partial charge on any atom is 0.261 e. The van der Waals surface area contributed by atoms with Crippen molar-refractivity contribution in [3.05, 3.63) is 33.8 Å². The lowest BCUT2D eigenvalue weighted by Gasteiger charge is -2.13. The first kappa shape index (κ1) is 10.5. The largest absolute Gasteiger partial charge is 0.315 e. The molecule has 0 spiro atoms. The second-order valence-corrected chi connectivity index (χ2v) is 5.29. The van der Waals surface area contributed by atoms with E-state index in [2.05, 4.69) is 4.98 Å². The smallest absolute Gasteiger partial charge is 0.261 e. The van der Waals surface area contributed by atoms with Crippen molar-refractivity contribution in [1.29, 1.82) is 0 Å². The first-order valence-corrected chi connectivity index (χ1v) is 6.44. The molecule has 0 unspecified atom stereocenters. The molecule has 3 rings (SSSR count). The van der Waals surface area contributed by atoms with Crippen LogP contribution in [-0.4, -0.2) is 22.0 Å². The topological polar surface area (TPSA) is 38.1 Å². The molecule has 0 bridgehead atoms. The van der Waals surface area contributed by atoms with Crippen LogP contribution in [0.2, 0.25) is 0 Å². The van der Waals surface area contributed by atoms with E-state index in [0.717, 1.165) is 30.2 Å². The molecule has 0 aromatic carbocycles. The minimum Gasteiger partial charge on any atom is -0.315 e. The van der Waals surface area contributed by atoms with Gasteiger partial charge in [0, 0.05) is 35.7 Å². The van der Waals surface area contributed by atoms with Gasteiger partial charge in [-0.25, -0.2) is 4.98 Å². The Hall–Kier alpha value is -1.62. The molecular weight excluding hydrogens is 234 g/mol. The average Bonchev–Trinajstić information content (AvgIpc) is 2.95. The zero-order valence-corrected chi connectivity index (χ0v) is 10.6. The van der Waals surface area contributed by atoms with E-state index in [1.165, 1.54) is 4.88 Å². The number of fused-ring (bicyclic) bond motifs is 1. The number of nitrogens with zero attached hydrogens (tertiary/aromatic N) is 3. The van der Waals surface area contributed by atoms with Crippen molar-refractivity contribution in [2.45, 2.75) is 20.4 Å². The van der Waals surface area contributed by atoms with Gasteiger partial charge in [0.25, 0.3) is 5.91 Å². The van der Waals surface area contributed by atoms with Crippen LogP contribution in [0.15, 0.2) is 17.8 Å². The highest BCUT2D eigenvalue weighted by Gasteiger charge is 2.28. The summed E-state index contributed by atoms with van der Waals surface area (Å²) in [6.45, 7) is 5.60. The quantitative estimate of drug-likeness (QED) is 0.775. The van der Waals surface area contributed by atoms with Crippen molar-refractivity contribution in [3.8, 4) is 0 Å². The van der Waals surface area contributed by atoms with Crippen molar-refractivity contribution in [1.82, 2.24) is 9.55 Å². The number of carbonyl (C=O) groups excluding carboxylic acids is 1. The first-order valence-electron chi connectivity index (χ1n) is 5.56. The van der Waals surface area contributed by atoms with E-state index in [1.54, 1.807) is 22.4 Å². The summed E-state index contributed by atoms with van der Waals surface area (Å²) in [5.74, 6) is 0.829. The van der Waals surface area contributed by atoms with E-state index in [-0.39, 0.29) is 5.91 Å². The van der Waals surface area contributed by atoms with Gasteiger partial charge in [0.2, 0.25) is 5.95 Å². The second kappa shape index (κ2) is 3.70. The summed E-state index contributed by atoms with van der Waals surface area (Å²) in [5.41, 5.74) is 1.90. The molecule has 2 aromatic heterocycles. The van der Waals surface area contributed by atoms with Gasteiger partial charge in [-0.3, -0.25) is 9.69 Å². The van der Waals surface area contributed by atoms with E-state index in [9.17, 15) is 4.79 Å².